The molecule has 1 heterocycles. The molecule has 3 rings (SSSR count). The SMILES string of the molecule is C1=CN(c2ccccc2)N(c2ccccc2)N1. The molecule has 1 aliphatic heterocycles. The molecular weight excluding hydrogens is 210 g/mol. The summed E-state index contributed by atoms with van der Waals surface area (Å²) in [7, 11) is 0. The molecule has 0 aliphatic carbocycles. The van der Waals surface area contributed by atoms with Crippen molar-refractivity contribution in [3.05, 3.63) is 73.1 Å². The van der Waals surface area contributed by atoms with Gasteiger partial charge in [-0.15, -0.1) is 0 Å². The van der Waals surface area contributed by atoms with Crippen molar-refractivity contribution in [2.75, 3.05) is 10.1 Å². The van der Waals surface area contributed by atoms with Gasteiger partial charge >= 0.3 is 0 Å². The van der Waals surface area contributed by atoms with Gasteiger partial charge in [-0.05, 0) is 24.3 Å². The van der Waals surface area contributed by atoms with Gasteiger partial charge in [-0.1, -0.05) is 36.4 Å². The topological polar surface area (TPSA) is 18.5 Å². The molecule has 0 radical (unpaired) electrons. The fourth-order valence-electron chi connectivity index (χ4n) is 1.85. The lowest BCUT2D eigenvalue weighted by Crippen LogP contribution is -2.41. The fourth-order valence-corrected chi connectivity index (χ4v) is 1.85. The lowest BCUT2D eigenvalue weighted by atomic mass is 10.3. The number of hydrazine groups is 2. The molecule has 0 fully saturated rings. The van der Waals surface area contributed by atoms with Crippen LogP contribution >= 0.6 is 0 Å². The summed E-state index contributed by atoms with van der Waals surface area (Å²) >= 11 is 0. The second-order valence-corrected chi connectivity index (χ2v) is 3.77. The highest BCUT2D eigenvalue weighted by molar-refractivity contribution is 5.60. The van der Waals surface area contributed by atoms with Crippen molar-refractivity contribution in [2.45, 2.75) is 0 Å². The molecule has 0 saturated carbocycles. The number of hydrogen-bond donors (Lipinski definition) is 1. The van der Waals surface area contributed by atoms with E-state index in [1.807, 2.05) is 53.9 Å². The molecule has 0 spiro atoms. The molecule has 0 atom stereocenters. The van der Waals surface area contributed by atoms with Crippen molar-refractivity contribution in [3.63, 3.8) is 0 Å². The van der Waals surface area contributed by atoms with Crippen LogP contribution in [0.25, 0.3) is 0 Å². The maximum Gasteiger partial charge on any atom is 0.0817 e. The summed E-state index contributed by atoms with van der Waals surface area (Å²) in [6.07, 6.45) is 3.92. The summed E-state index contributed by atoms with van der Waals surface area (Å²) in [5, 5.41) is 4.06. The maximum atomic E-state index is 3.20. The van der Waals surface area contributed by atoms with Crippen molar-refractivity contribution in [1.82, 2.24) is 5.43 Å². The van der Waals surface area contributed by atoms with E-state index in [9.17, 15) is 0 Å². The Bertz CT molecular complexity index is 508. The highest BCUT2D eigenvalue weighted by Crippen LogP contribution is 2.23. The van der Waals surface area contributed by atoms with Gasteiger partial charge in [0, 0.05) is 12.4 Å². The van der Waals surface area contributed by atoms with Gasteiger partial charge in [0.05, 0.1) is 11.4 Å². The summed E-state index contributed by atoms with van der Waals surface area (Å²) in [5.74, 6) is 0. The number of hydrogen-bond acceptors (Lipinski definition) is 3. The molecule has 0 aromatic heterocycles. The molecule has 2 aromatic rings. The third-order valence-electron chi connectivity index (χ3n) is 2.65. The molecule has 84 valence electrons. The molecule has 0 bridgehead atoms. The molecule has 17 heavy (non-hydrogen) atoms. The largest absolute Gasteiger partial charge is 0.285 e. The van der Waals surface area contributed by atoms with Crippen LogP contribution in [-0.2, 0) is 0 Å². The second-order valence-electron chi connectivity index (χ2n) is 3.77. The number of benzene rings is 2. The minimum atomic E-state index is 1.10. The summed E-state index contributed by atoms with van der Waals surface area (Å²) in [6.45, 7) is 0. The lowest BCUT2D eigenvalue weighted by Gasteiger charge is -2.30. The first kappa shape index (κ1) is 9.78. The van der Waals surface area contributed by atoms with Crippen LogP contribution in [0.15, 0.2) is 73.1 Å². The Morgan fingerprint density at radius 3 is 1.94 bits per heavy atom. The Hall–Kier alpha value is -2.42. The van der Waals surface area contributed by atoms with Crippen LogP contribution in [0, 0.1) is 0 Å². The third kappa shape index (κ3) is 1.83. The average Bonchev–Trinajstić information content (AvgIpc) is 2.90. The van der Waals surface area contributed by atoms with Crippen molar-refractivity contribution < 1.29 is 0 Å². The van der Waals surface area contributed by atoms with Crippen LogP contribution < -0.4 is 15.6 Å². The zero-order valence-electron chi connectivity index (χ0n) is 9.32. The standard InChI is InChI=1S/C14H13N3/c1-3-7-13(8-4-1)16-12-11-15-17(16)14-9-5-2-6-10-14/h1-12,15H. The van der Waals surface area contributed by atoms with E-state index in [0.29, 0.717) is 0 Å². The predicted octanol–water partition coefficient (Wildman–Crippen LogP) is 2.90. The van der Waals surface area contributed by atoms with Gasteiger partial charge < -0.3 is 0 Å². The third-order valence-corrected chi connectivity index (χ3v) is 2.65. The predicted molar refractivity (Wildman–Crippen MR) is 70.1 cm³/mol. The van der Waals surface area contributed by atoms with Gasteiger partial charge in [0.1, 0.15) is 0 Å². The molecule has 1 N–H and O–H groups in total. The van der Waals surface area contributed by atoms with Gasteiger partial charge in [-0.25, -0.2) is 5.01 Å². The van der Waals surface area contributed by atoms with Crippen molar-refractivity contribution >= 4 is 11.4 Å². The van der Waals surface area contributed by atoms with E-state index in [4.69, 9.17) is 0 Å². The maximum absolute atomic E-state index is 3.20. The highest BCUT2D eigenvalue weighted by Gasteiger charge is 2.17. The lowest BCUT2D eigenvalue weighted by molar-refractivity contribution is 0.792. The number of para-hydroxylation sites is 2. The Morgan fingerprint density at radius 2 is 1.29 bits per heavy atom. The Balaban J connectivity index is 1.93. The summed E-state index contributed by atoms with van der Waals surface area (Å²) < 4.78 is 0. The van der Waals surface area contributed by atoms with Crippen LogP contribution in [0.4, 0.5) is 11.4 Å². The van der Waals surface area contributed by atoms with E-state index in [0.717, 1.165) is 11.4 Å². The van der Waals surface area contributed by atoms with Gasteiger partial charge in [0.2, 0.25) is 0 Å². The fraction of sp³-hybridized carbons (Fsp3) is 0. The number of nitrogens with zero attached hydrogens (tertiary/aromatic N) is 2. The molecule has 2 aromatic carbocycles. The molecule has 1 aliphatic rings. The van der Waals surface area contributed by atoms with Crippen LogP contribution in [0.5, 0.6) is 0 Å². The first-order valence-corrected chi connectivity index (χ1v) is 5.57. The summed E-state index contributed by atoms with van der Waals surface area (Å²) in [5.41, 5.74) is 5.42. The summed E-state index contributed by atoms with van der Waals surface area (Å²) in [4.78, 5) is 0. The first-order chi connectivity index (χ1) is 8.45. The number of rotatable bonds is 2. The van der Waals surface area contributed by atoms with Gasteiger partial charge in [-0.3, -0.25) is 5.43 Å². The minimum Gasteiger partial charge on any atom is -0.285 e. The van der Waals surface area contributed by atoms with Crippen LogP contribution in [-0.4, -0.2) is 0 Å². The average molecular weight is 223 g/mol. The first-order valence-electron chi connectivity index (χ1n) is 5.57. The van der Waals surface area contributed by atoms with Gasteiger partial charge in [-0.2, -0.15) is 5.12 Å². The number of nitrogens with one attached hydrogen (secondary N) is 1. The molecule has 3 heteroatoms. The molecular formula is C14H13N3. The zero-order valence-corrected chi connectivity index (χ0v) is 9.32. The van der Waals surface area contributed by atoms with E-state index >= 15 is 0 Å². The van der Waals surface area contributed by atoms with Crippen molar-refractivity contribution in [2.24, 2.45) is 0 Å². The molecule has 0 amide bonds. The Morgan fingerprint density at radius 1 is 0.706 bits per heavy atom. The zero-order chi connectivity index (χ0) is 11.5. The molecule has 3 nitrogen and oxygen atoms in total. The smallest absolute Gasteiger partial charge is 0.0817 e. The van der Waals surface area contributed by atoms with Crippen molar-refractivity contribution in [3.8, 4) is 0 Å². The van der Waals surface area contributed by atoms with E-state index in [-0.39, 0.29) is 0 Å². The monoisotopic (exact) mass is 223 g/mol. The van der Waals surface area contributed by atoms with E-state index in [2.05, 4.69) is 34.7 Å². The van der Waals surface area contributed by atoms with E-state index in [1.54, 1.807) is 0 Å². The quantitative estimate of drug-likeness (QED) is 0.844. The van der Waals surface area contributed by atoms with E-state index in [1.165, 1.54) is 0 Å². The van der Waals surface area contributed by atoms with Crippen LogP contribution in [0.3, 0.4) is 0 Å². The number of anilines is 2. The van der Waals surface area contributed by atoms with Gasteiger partial charge in [0.25, 0.3) is 0 Å². The van der Waals surface area contributed by atoms with Crippen molar-refractivity contribution in [1.29, 1.82) is 0 Å². The normalized spacial score (nSPS) is 13.9. The minimum absolute atomic E-state index is 1.10. The van der Waals surface area contributed by atoms with E-state index < -0.39 is 0 Å². The summed E-state index contributed by atoms with van der Waals surface area (Å²) in [6, 6.07) is 20.4. The molecule has 0 saturated heterocycles. The van der Waals surface area contributed by atoms with Gasteiger partial charge in [0.15, 0.2) is 0 Å². The van der Waals surface area contributed by atoms with Crippen LogP contribution in [0.2, 0.25) is 0 Å². The van der Waals surface area contributed by atoms with Crippen LogP contribution in [0.1, 0.15) is 0 Å². The Labute approximate surface area is 101 Å². The Kier molecular flexibility index (Phi) is 2.43. The second kappa shape index (κ2) is 4.22. The highest BCUT2D eigenvalue weighted by atomic mass is 15.8. The molecule has 0 unspecified atom stereocenters.